The predicted octanol–water partition coefficient (Wildman–Crippen LogP) is 5.22. The van der Waals surface area contributed by atoms with Gasteiger partial charge in [-0.2, -0.15) is 0 Å². The van der Waals surface area contributed by atoms with Crippen molar-refractivity contribution in [1.29, 1.82) is 0 Å². The Morgan fingerprint density at radius 1 is 1.07 bits per heavy atom. The summed E-state index contributed by atoms with van der Waals surface area (Å²) in [5.74, 6) is -0.175. The molecule has 1 aromatic heterocycles. The fourth-order valence-electron chi connectivity index (χ4n) is 2.48. The summed E-state index contributed by atoms with van der Waals surface area (Å²) in [6.07, 6.45) is 0.125. The van der Waals surface area contributed by atoms with Crippen molar-refractivity contribution in [3.8, 4) is 11.3 Å². The first-order valence-corrected chi connectivity index (χ1v) is 8.74. The van der Waals surface area contributed by atoms with Crippen molar-refractivity contribution in [3.05, 3.63) is 76.0 Å². The van der Waals surface area contributed by atoms with Gasteiger partial charge in [-0.05, 0) is 48.0 Å². The molecule has 0 unspecified atom stereocenters. The lowest BCUT2D eigenvalue weighted by molar-refractivity contribution is -0.139. The summed E-state index contributed by atoms with van der Waals surface area (Å²) < 4.78 is 10.3. The molecule has 0 aliphatic carbocycles. The number of rotatable bonds is 5. The van der Waals surface area contributed by atoms with Crippen molar-refractivity contribution in [2.75, 3.05) is 12.4 Å². The average Bonchev–Trinajstić information content (AvgIpc) is 3.12. The maximum atomic E-state index is 12.4. The molecule has 27 heavy (non-hydrogen) atoms. The summed E-state index contributed by atoms with van der Waals surface area (Å²) >= 11 is 12.1. The van der Waals surface area contributed by atoms with Gasteiger partial charge >= 0.3 is 5.97 Å². The Kier molecular flexibility index (Phi) is 5.84. The molecule has 7 heteroatoms. The zero-order valence-electron chi connectivity index (χ0n) is 14.3. The fourth-order valence-corrected chi connectivity index (χ4v) is 2.99. The van der Waals surface area contributed by atoms with Crippen LogP contribution < -0.4 is 5.32 Å². The molecule has 138 valence electrons. The second-order valence-corrected chi connectivity index (χ2v) is 6.54. The number of nitrogens with one attached hydrogen (secondary N) is 1. The number of ether oxygens (including phenoxy) is 1. The number of methoxy groups -OCH3 is 1. The molecule has 3 aromatic rings. The summed E-state index contributed by atoms with van der Waals surface area (Å²) in [6, 6.07) is 15.2. The van der Waals surface area contributed by atoms with Crippen molar-refractivity contribution in [3.63, 3.8) is 0 Å². The smallest absolute Gasteiger partial charge is 0.309 e. The number of carbonyl (C=O) groups is 2. The third-order valence-electron chi connectivity index (χ3n) is 3.79. The van der Waals surface area contributed by atoms with Gasteiger partial charge in [0.1, 0.15) is 5.76 Å². The van der Waals surface area contributed by atoms with Gasteiger partial charge in [-0.1, -0.05) is 35.3 Å². The molecule has 3 rings (SSSR count). The van der Waals surface area contributed by atoms with Crippen LogP contribution in [0.3, 0.4) is 0 Å². The van der Waals surface area contributed by atoms with E-state index in [0.29, 0.717) is 27.1 Å². The Morgan fingerprint density at radius 3 is 2.63 bits per heavy atom. The lowest BCUT2D eigenvalue weighted by Crippen LogP contribution is -2.11. The van der Waals surface area contributed by atoms with Gasteiger partial charge in [-0.25, -0.2) is 0 Å². The van der Waals surface area contributed by atoms with Crippen molar-refractivity contribution in [1.82, 2.24) is 0 Å². The maximum absolute atomic E-state index is 12.4. The molecule has 0 saturated carbocycles. The van der Waals surface area contributed by atoms with Crippen LogP contribution >= 0.6 is 23.2 Å². The lowest BCUT2D eigenvalue weighted by Gasteiger charge is -2.06. The number of anilines is 1. The number of esters is 1. The van der Waals surface area contributed by atoms with Crippen LogP contribution in [0.2, 0.25) is 10.0 Å². The van der Waals surface area contributed by atoms with E-state index in [4.69, 9.17) is 27.6 Å². The van der Waals surface area contributed by atoms with Crippen LogP contribution in [0, 0.1) is 0 Å². The van der Waals surface area contributed by atoms with Crippen molar-refractivity contribution in [2.24, 2.45) is 0 Å². The second kappa shape index (κ2) is 8.29. The molecular weight excluding hydrogens is 389 g/mol. The van der Waals surface area contributed by atoms with E-state index >= 15 is 0 Å². The standard InChI is InChI=1S/C20H15Cl2NO4/c1-26-19(24)10-12-3-2-4-14(9-12)23-20(25)18-8-7-17(27-18)15-6-5-13(21)11-16(15)22/h2-9,11H,10H2,1H3,(H,23,25). The molecule has 2 aromatic carbocycles. The van der Waals surface area contributed by atoms with Crippen LogP contribution in [0.25, 0.3) is 11.3 Å². The number of hydrogen-bond donors (Lipinski definition) is 1. The number of benzene rings is 2. The molecule has 0 aliphatic heterocycles. The molecule has 0 fully saturated rings. The molecular formula is C20H15Cl2NO4. The molecule has 0 aliphatic rings. The van der Waals surface area contributed by atoms with Gasteiger partial charge in [0.2, 0.25) is 0 Å². The normalized spacial score (nSPS) is 10.5. The minimum Gasteiger partial charge on any atom is -0.469 e. The molecule has 0 spiro atoms. The second-order valence-electron chi connectivity index (χ2n) is 5.70. The van der Waals surface area contributed by atoms with Crippen LogP contribution in [0.5, 0.6) is 0 Å². The van der Waals surface area contributed by atoms with Crippen LogP contribution in [-0.2, 0) is 16.0 Å². The van der Waals surface area contributed by atoms with E-state index in [0.717, 1.165) is 5.56 Å². The van der Waals surface area contributed by atoms with Gasteiger partial charge < -0.3 is 14.5 Å². The third-order valence-corrected chi connectivity index (χ3v) is 4.34. The Bertz CT molecular complexity index is 997. The molecule has 1 N–H and O–H groups in total. The molecule has 0 bridgehead atoms. The van der Waals surface area contributed by atoms with E-state index in [-0.39, 0.29) is 18.2 Å². The highest BCUT2D eigenvalue weighted by Crippen LogP contribution is 2.31. The number of amides is 1. The number of carbonyl (C=O) groups excluding carboxylic acids is 2. The first kappa shape index (κ1) is 19.0. The van der Waals surface area contributed by atoms with E-state index in [2.05, 4.69) is 10.1 Å². The van der Waals surface area contributed by atoms with Crippen LogP contribution in [-0.4, -0.2) is 19.0 Å². The Balaban J connectivity index is 1.75. The van der Waals surface area contributed by atoms with E-state index < -0.39 is 5.91 Å². The molecule has 0 atom stereocenters. The van der Waals surface area contributed by atoms with Crippen LogP contribution in [0.4, 0.5) is 5.69 Å². The van der Waals surface area contributed by atoms with E-state index in [1.165, 1.54) is 7.11 Å². The Hall–Kier alpha value is -2.76. The molecule has 0 radical (unpaired) electrons. The highest BCUT2D eigenvalue weighted by molar-refractivity contribution is 6.36. The minimum absolute atomic E-state index is 0.125. The zero-order valence-corrected chi connectivity index (χ0v) is 15.8. The van der Waals surface area contributed by atoms with Gasteiger partial charge in [0.25, 0.3) is 5.91 Å². The van der Waals surface area contributed by atoms with E-state index in [1.54, 1.807) is 54.6 Å². The number of furan rings is 1. The monoisotopic (exact) mass is 403 g/mol. The van der Waals surface area contributed by atoms with E-state index in [9.17, 15) is 9.59 Å². The topological polar surface area (TPSA) is 68.5 Å². The highest BCUT2D eigenvalue weighted by atomic mass is 35.5. The van der Waals surface area contributed by atoms with Gasteiger partial charge in [-0.3, -0.25) is 9.59 Å². The maximum Gasteiger partial charge on any atom is 0.309 e. The molecule has 0 saturated heterocycles. The number of hydrogen-bond acceptors (Lipinski definition) is 4. The van der Waals surface area contributed by atoms with Crippen LogP contribution in [0.1, 0.15) is 16.1 Å². The highest BCUT2D eigenvalue weighted by Gasteiger charge is 2.15. The first-order valence-electron chi connectivity index (χ1n) is 7.98. The average molecular weight is 404 g/mol. The van der Waals surface area contributed by atoms with Gasteiger partial charge in [0, 0.05) is 16.3 Å². The van der Waals surface area contributed by atoms with Crippen molar-refractivity contribution in [2.45, 2.75) is 6.42 Å². The molecule has 5 nitrogen and oxygen atoms in total. The summed E-state index contributed by atoms with van der Waals surface area (Å²) in [4.78, 5) is 23.8. The SMILES string of the molecule is COC(=O)Cc1cccc(NC(=O)c2ccc(-c3ccc(Cl)cc3Cl)o2)c1. The van der Waals surface area contributed by atoms with Gasteiger partial charge in [0.05, 0.1) is 18.6 Å². The first-order chi connectivity index (χ1) is 13.0. The lowest BCUT2D eigenvalue weighted by atomic mass is 10.1. The van der Waals surface area contributed by atoms with Crippen molar-refractivity contribution < 1.29 is 18.7 Å². The Morgan fingerprint density at radius 2 is 1.89 bits per heavy atom. The van der Waals surface area contributed by atoms with Crippen LogP contribution in [0.15, 0.2) is 59.0 Å². The van der Waals surface area contributed by atoms with Gasteiger partial charge in [0.15, 0.2) is 5.76 Å². The predicted molar refractivity (Wildman–Crippen MR) is 104 cm³/mol. The Labute approximate surface area is 165 Å². The van der Waals surface area contributed by atoms with E-state index in [1.807, 2.05) is 0 Å². The summed E-state index contributed by atoms with van der Waals surface area (Å²) in [7, 11) is 1.33. The largest absolute Gasteiger partial charge is 0.469 e. The van der Waals surface area contributed by atoms with Gasteiger partial charge in [-0.15, -0.1) is 0 Å². The summed E-state index contributed by atoms with van der Waals surface area (Å²) in [6.45, 7) is 0. The van der Waals surface area contributed by atoms with Crippen molar-refractivity contribution >= 4 is 40.8 Å². The fraction of sp³-hybridized carbons (Fsp3) is 0.100. The quantitative estimate of drug-likeness (QED) is 0.592. The third kappa shape index (κ3) is 4.70. The molecule has 1 heterocycles. The summed E-state index contributed by atoms with van der Waals surface area (Å²) in [5, 5.41) is 3.68. The number of halogens is 2. The summed E-state index contributed by atoms with van der Waals surface area (Å²) in [5.41, 5.74) is 1.91. The molecule has 1 amide bonds. The minimum atomic E-state index is -0.415. The zero-order chi connectivity index (χ0) is 19.4.